The number of nitrogens with zero attached hydrogens (tertiary/aromatic N) is 1. The maximum Gasteiger partial charge on any atom is 0.120 e. The maximum atomic E-state index is 10.1. The van der Waals surface area contributed by atoms with Gasteiger partial charge in [-0.15, -0.1) is 0 Å². The molecule has 10 heavy (non-hydrogen) atoms. The fraction of sp³-hybridized carbons (Fsp3) is 0.875. The molecule has 1 aliphatic rings. The molecule has 0 bridgehead atoms. The minimum absolute atomic E-state index is 0.554. The highest BCUT2D eigenvalue weighted by atomic mass is 16.1. The lowest BCUT2D eigenvalue weighted by molar-refractivity contribution is -0.108. The zero-order chi connectivity index (χ0) is 7.40. The van der Waals surface area contributed by atoms with Crippen LogP contribution in [-0.4, -0.2) is 30.8 Å². The van der Waals surface area contributed by atoms with Crippen LogP contribution in [0.2, 0.25) is 0 Å². The lowest BCUT2D eigenvalue weighted by Crippen LogP contribution is -2.39. The minimum atomic E-state index is 0.554. The van der Waals surface area contributed by atoms with Crippen LogP contribution in [0.3, 0.4) is 0 Å². The molecule has 1 atom stereocenters. The highest BCUT2D eigenvalue weighted by Gasteiger charge is 2.15. The summed E-state index contributed by atoms with van der Waals surface area (Å²) in [4.78, 5) is 12.5. The van der Waals surface area contributed by atoms with Gasteiger partial charge in [-0.3, -0.25) is 0 Å². The molecule has 2 heteroatoms. The number of hydrogen-bond donors (Lipinski definition) is 0. The van der Waals surface area contributed by atoms with Crippen molar-refractivity contribution in [1.29, 1.82) is 0 Å². The van der Waals surface area contributed by atoms with E-state index in [4.69, 9.17) is 0 Å². The van der Waals surface area contributed by atoms with Gasteiger partial charge in [-0.2, -0.15) is 0 Å². The third-order valence-corrected chi connectivity index (χ3v) is 2.02. The highest BCUT2D eigenvalue weighted by molar-refractivity contribution is 5.49. The average Bonchev–Trinajstić information content (AvgIpc) is 1.80. The summed E-state index contributed by atoms with van der Waals surface area (Å²) in [5.41, 5.74) is 0. The zero-order valence-corrected chi connectivity index (χ0v) is 6.55. The van der Waals surface area contributed by atoms with Crippen LogP contribution in [0.5, 0.6) is 0 Å². The molecule has 0 N–H and O–H groups in total. The van der Waals surface area contributed by atoms with Crippen molar-refractivity contribution in [3.63, 3.8) is 0 Å². The summed E-state index contributed by atoms with van der Waals surface area (Å²) >= 11 is 0. The Kier molecular flexibility index (Phi) is 2.87. The van der Waals surface area contributed by atoms with Crippen molar-refractivity contribution in [2.45, 2.75) is 19.8 Å². The van der Waals surface area contributed by atoms with Crippen LogP contribution in [0.4, 0.5) is 0 Å². The normalized spacial score (nSPS) is 21.7. The molecule has 1 aliphatic heterocycles. The van der Waals surface area contributed by atoms with E-state index < -0.39 is 0 Å². The van der Waals surface area contributed by atoms with Crippen LogP contribution in [0.1, 0.15) is 19.8 Å². The first-order chi connectivity index (χ1) is 4.83. The second kappa shape index (κ2) is 3.71. The number of aldehydes is 1. The lowest BCUT2D eigenvalue weighted by Gasteiger charge is -2.32. The van der Waals surface area contributed by atoms with Gasteiger partial charge < -0.3 is 9.69 Å². The lowest BCUT2D eigenvalue weighted by atomic mass is 10.1. The average molecular weight is 141 g/mol. The van der Waals surface area contributed by atoms with Gasteiger partial charge in [0.05, 0.1) is 0 Å². The molecule has 2 nitrogen and oxygen atoms in total. The molecule has 0 spiro atoms. The Bertz CT molecular complexity index is 110. The van der Waals surface area contributed by atoms with E-state index in [1.165, 1.54) is 19.5 Å². The second-order valence-electron chi connectivity index (χ2n) is 3.16. The number of likely N-dealkylation sites (tertiary alicyclic amines) is 1. The van der Waals surface area contributed by atoms with Crippen LogP contribution in [0.15, 0.2) is 0 Å². The molecular formula is C8H15NO. The molecule has 0 saturated carbocycles. The summed E-state index contributed by atoms with van der Waals surface area (Å²) < 4.78 is 0. The van der Waals surface area contributed by atoms with Crippen LogP contribution in [0, 0.1) is 5.92 Å². The van der Waals surface area contributed by atoms with E-state index in [2.05, 4.69) is 11.8 Å². The third kappa shape index (κ3) is 2.10. The summed E-state index contributed by atoms with van der Waals surface area (Å²) in [6, 6.07) is 0. The van der Waals surface area contributed by atoms with E-state index in [0.29, 0.717) is 5.92 Å². The summed E-state index contributed by atoms with van der Waals surface area (Å²) in [6.45, 7) is 5.72. The molecule has 0 aromatic carbocycles. The predicted octanol–water partition coefficient (Wildman–Crippen LogP) is 0.917. The van der Waals surface area contributed by atoms with Crippen molar-refractivity contribution < 1.29 is 4.79 Å². The van der Waals surface area contributed by atoms with E-state index in [-0.39, 0.29) is 0 Å². The molecular weight excluding hydrogens is 126 g/mol. The summed E-state index contributed by atoms with van der Waals surface area (Å²) in [5.74, 6) is 0.554. The van der Waals surface area contributed by atoms with Crippen molar-refractivity contribution in [2.75, 3.05) is 19.6 Å². The van der Waals surface area contributed by atoms with Crippen molar-refractivity contribution in [2.24, 2.45) is 5.92 Å². The molecule has 1 unspecified atom stereocenters. The number of rotatable bonds is 4. The molecule has 0 aromatic heterocycles. The number of hydrogen-bond acceptors (Lipinski definition) is 2. The van der Waals surface area contributed by atoms with Gasteiger partial charge in [0.2, 0.25) is 0 Å². The number of carbonyl (C=O) groups is 1. The molecule has 1 rings (SSSR count). The smallest absolute Gasteiger partial charge is 0.120 e. The van der Waals surface area contributed by atoms with Gasteiger partial charge in [0.1, 0.15) is 6.29 Å². The predicted molar refractivity (Wildman–Crippen MR) is 40.9 cm³/mol. The SMILES string of the molecule is CC(CC=O)CN1CCC1. The Labute approximate surface area is 62.2 Å². The molecule has 0 amide bonds. The topological polar surface area (TPSA) is 20.3 Å². The van der Waals surface area contributed by atoms with Crippen molar-refractivity contribution >= 4 is 6.29 Å². The molecule has 58 valence electrons. The van der Waals surface area contributed by atoms with Crippen LogP contribution in [0.25, 0.3) is 0 Å². The van der Waals surface area contributed by atoms with Gasteiger partial charge in [0, 0.05) is 13.0 Å². The first kappa shape index (κ1) is 7.73. The van der Waals surface area contributed by atoms with E-state index in [1.54, 1.807) is 0 Å². The van der Waals surface area contributed by atoms with Gasteiger partial charge in [0.25, 0.3) is 0 Å². The largest absolute Gasteiger partial charge is 0.303 e. The fourth-order valence-electron chi connectivity index (χ4n) is 1.24. The standard InChI is InChI=1S/C8H15NO/c1-8(3-6-10)7-9-4-2-5-9/h6,8H,2-5,7H2,1H3. The Morgan fingerprint density at radius 1 is 1.60 bits per heavy atom. The Hall–Kier alpha value is -0.370. The maximum absolute atomic E-state index is 10.1. The second-order valence-corrected chi connectivity index (χ2v) is 3.16. The Morgan fingerprint density at radius 3 is 2.70 bits per heavy atom. The number of carbonyl (C=O) groups excluding carboxylic acids is 1. The van der Waals surface area contributed by atoms with Gasteiger partial charge in [-0.05, 0) is 25.4 Å². The molecule has 0 aliphatic carbocycles. The van der Waals surface area contributed by atoms with Gasteiger partial charge >= 0.3 is 0 Å². The van der Waals surface area contributed by atoms with Crippen molar-refractivity contribution in [1.82, 2.24) is 4.90 Å². The van der Waals surface area contributed by atoms with E-state index in [0.717, 1.165) is 19.3 Å². The zero-order valence-electron chi connectivity index (χ0n) is 6.55. The monoisotopic (exact) mass is 141 g/mol. The van der Waals surface area contributed by atoms with Crippen LogP contribution in [-0.2, 0) is 4.79 Å². The van der Waals surface area contributed by atoms with E-state index in [9.17, 15) is 4.79 Å². The quantitative estimate of drug-likeness (QED) is 0.542. The molecule has 1 heterocycles. The van der Waals surface area contributed by atoms with E-state index in [1.807, 2.05) is 0 Å². The molecule has 0 aromatic rings. The van der Waals surface area contributed by atoms with Gasteiger partial charge in [-0.1, -0.05) is 6.92 Å². The van der Waals surface area contributed by atoms with Crippen molar-refractivity contribution in [3.8, 4) is 0 Å². The minimum Gasteiger partial charge on any atom is -0.303 e. The summed E-state index contributed by atoms with van der Waals surface area (Å²) in [6.07, 6.45) is 3.08. The van der Waals surface area contributed by atoms with E-state index >= 15 is 0 Å². The summed E-state index contributed by atoms with van der Waals surface area (Å²) in [7, 11) is 0. The van der Waals surface area contributed by atoms with Gasteiger partial charge in [0.15, 0.2) is 0 Å². The van der Waals surface area contributed by atoms with Gasteiger partial charge in [-0.25, -0.2) is 0 Å². The fourth-order valence-corrected chi connectivity index (χ4v) is 1.24. The Morgan fingerprint density at radius 2 is 2.30 bits per heavy atom. The van der Waals surface area contributed by atoms with Crippen LogP contribution >= 0.6 is 0 Å². The summed E-state index contributed by atoms with van der Waals surface area (Å²) in [5, 5.41) is 0. The first-order valence-electron chi connectivity index (χ1n) is 3.99. The molecule has 0 radical (unpaired) electrons. The van der Waals surface area contributed by atoms with Crippen molar-refractivity contribution in [3.05, 3.63) is 0 Å². The molecule has 1 fully saturated rings. The highest BCUT2D eigenvalue weighted by Crippen LogP contribution is 2.10. The third-order valence-electron chi connectivity index (χ3n) is 2.02. The molecule has 1 saturated heterocycles. The first-order valence-corrected chi connectivity index (χ1v) is 3.99. The van der Waals surface area contributed by atoms with Crippen LogP contribution < -0.4 is 0 Å². The Balaban J connectivity index is 2.04.